The molecule has 16 heavy (non-hydrogen) atoms. The molecule has 0 heterocycles. The number of hydrogen-bond donors (Lipinski definition) is 3. The van der Waals surface area contributed by atoms with Crippen LogP contribution in [-0.4, -0.2) is 29.1 Å². The van der Waals surface area contributed by atoms with E-state index in [4.69, 9.17) is 5.73 Å². The van der Waals surface area contributed by atoms with Gasteiger partial charge < -0.3 is 15.9 Å². The van der Waals surface area contributed by atoms with Crippen LogP contribution in [0.25, 0.3) is 0 Å². The third-order valence-corrected chi connectivity index (χ3v) is 2.32. The molecule has 1 aromatic carbocycles. The van der Waals surface area contributed by atoms with Crippen molar-refractivity contribution in [3.05, 3.63) is 35.1 Å². The fourth-order valence-electron chi connectivity index (χ4n) is 1.44. The number of aldehydes is 1. The van der Waals surface area contributed by atoms with E-state index < -0.39 is 18.0 Å². The Morgan fingerprint density at radius 2 is 2.12 bits per heavy atom. The van der Waals surface area contributed by atoms with Crippen molar-refractivity contribution in [1.82, 2.24) is 0 Å². The lowest BCUT2D eigenvalue weighted by atomic mass is 9.97. The Bertz CT molecular complexity index is 370. The molecule has 1 rings (SSSR count). The van der Waals surface area contributed by atoms with Gasteiger partial charge in [0.2, 0.25) is 0 Å². The fourth-order valence-corrected chi connectivity index (χ4v) is 1.44. The summed E-state index contributed by atoms with van der Waals surface area (Å²) in [4.78, 5) is 10.7. The van der Waals surface area contributed by atoms with E-state index >= 15 is 0 Å². The van der Waals surface area contributed by atoms with Gasteiger partial charge in [-0.15, -0.1) is 0 Å². The highest BCUT2D eigenvalue weighted by atomic mass is 19.1. The van der Waals surface area contributed by atoms with Gasteiger partial charge in [0.25, 0.3) is 0 Å². The van der Waals surface area contributed by atoms with Gasteiger partial charge >= 0.3 is 0 Å². The second-order valence-corrected chi connectivity index (χ2v) is 3.48. The lowest BCUT2D eigenvalue weighted by Crippen LogP contribution is -2.22. The molecule has 4 nitrogen and oxygen atoms in total. The molecule has 0 aliphatic heterocycles. The fraction of sp³-hybridized carbons (Fsp3) is 0.364. The van der Waals surface area contributed by atoms with E-state index in [1.54, 1.807) is 0 Å². The van der Waals surface area contributed by atoms with E-state index in [1.807, 2.05) is 0 Å². The minimum Gasteiger partial charge on any atom is -0.390 e. The number of nitrogens with two attached hydrogens (primary N) is 1. The summed E-state index contributed by atoms with van der Waals surface area (Å²) in [5, 5.41) is 19.2. The predicted octanol–water partition coefficient (Wildman–Crippen LogP) is 0.381. The molecule has 0 fully saturated rings. The molecule has 2 atom stereocenters. The summed E-state index contributed by atoms with van der Waals surface area (Å²) in [6.45, 7) is 0.198. The first-order chi connectivity index (χ1) is 7.60. The Morgan fingerprint density at radius 1 is 1.44 bits per heavy atom. The van der Waals surface area contributed by atoms with Crippen molar-refractivity contribution in [2.45, 2.75) is 18.6 Å². The minimum absolute atomic E-state index is 0.0796. The highest BCUT2D eigenvalue weighted by Crippen LogP contribution is 2.22. The van der Waals surface area contributed by atoms with Crippen molar-refractivity contribution in [2.24, 2.45) is 5.73 Å². The van der Waals surface area contributed by atoms with Crippen molar-refractivity contribution < 1.29 is 19.4 Å². The summed E-state index contributed by atoms with van der Waals surface area (Å²) in [7, 11) is 0. The zero-order valence-corrected chi connectivity index (χ0v) is 8.64. The quantitative estimate of drug-likeness (QED) is 0.635. The summed E-state index contributed by atoms with van der Waals surface area (Å²) in [6.07, 6.45) is -1.73. The Kier molecular flexibility index (Phi) is 4.54. The molecule has 0 radical (unpaired) electrons. The van der Waals surface area contributed by atoms with E-state index in [2.05, 4.69) is 0 Å². The number of rotatable bonds is 5. The van der Waals surface area contributed by atoms with Gasteiger partial charge in [0, 0.05) is 5.56 Å². The van der Waals surface area contributed by atoms with Crippen LogP contribution in [0.5, 0.6) is 0 Å². The van der Waals surface area contributed by atoms with Gasteiger partial charge in [0.15, 0.2) is 0 Å². The third-order valence-electron chi connectivity index (χ3n) is 2.32. The summed E-state index contributed by atoms with van der Waals surface area (Å²) in [5.74, 6) is -0.570. The van der Waals surface area contributed by atoms with E-state index in [0.29, 0.717) is 6.29 Å². The van der Waals surface area contributed by atoms with Gasteiger partial charge in [-0.05, 0) is 36.7 Å². The smallest absolute Gasteiger partial charge is 0.150 e. The highest BCUT2D eigenvalue weighted by Gasteiger charge is 2.20. The minimum atomic E-state index is -1.31. The molecule has 4 N–H and O–H groups in total. The Balaban J connectivity index is 3.00. The molecule has 88 valence electrons. The van der Waals surface area contributed by atoms with E-state index in [-0.39, 0.29) is 24.1 Å². The molecule has 0 spiro atoms. The number of aliphatic hydroxyl groups is 2. The van der Waals surface area contributed by atoms with Crippen LogP contribution in [0.1, 0.15) is 28.4 Å². The number of hydrogen-bond acceptors (Lipinski definition) is 4. The average molecular weight is 227 g/mol. The van der Waals surface area contributed by atoms with Crippen molar-refractivity contribution >= 4 is 6.29 Å². The Morgan fingerprint density at radius 3 is 2.69 bits per heavy atom. The number of benzene rings is 1. The standard InChI is InChI=1S/C11H14FNO3/c12-8-2-1-7(6-14)9(5-8)11(16)10(15)3-4-13/h1-2,5-6,10-11,15-16H,3-4,13H2. The molecule has 0 aliphatic carbocycles. The summed E-state index contributed by atoms with van der Waals surface area (Å²) in [5.41, 5.74) is 5.47. The molecular weight excluding hydrogens is 213 g/mol. The summed E-state index contributed by atoms with van der Waals surface area (Å²) >= 11 is 0. The van der Waals surface area contributed by atoms with Crippen LogP contribution >= 0.6 is 0 Å². The second-order valence-electron chi connectivity index (χ2n) is 3.48. The molecule has 5 heteroatoms. The average Bonchev–Trinajstić information content (AvgIpc) is 2.28. The topological polar surface area (TPSA) is 83.6 Å². The number of carbonyl (C=O) groups excluding carboxylic acids is 1. The monoisotopic (exact) mass is 227 g/mol. The third kappa shape index (κ3) is 2.85. The normalized spacial score (nSPS) is 14.5. The van der Waals surface area contributed by atoms with E-state index in [0.717, 1.165) is 12.1 Å². The first-order valence-electron chi connectivity index (χ1n) is 4.91. The molecular formula is C11H14FNO3. The van der Waals surface area contributed by atoms with Crippen molar-refractivity contribution in [3.63, 3.8) is 0 Å². The lowest BCUT2D eigenvalue weighted by molar-refractivity contribution is 0.0145. The van der Waals surface area contributed by atoms with Crippen molar-refractivity contribution in [1.29, 1.82) is 0 Å². The largest absolute Gasteiger partial charge is 0.390 e. The SMILES string of the molecule is NCCC(O)C(O)c1cc(F)ccc1C=O. The number of aliphatic hydroxyl groups excluding tert-OH is 2. The van der Waals surface area contributed by atoms with Gasteiger partial charge in [-0.25, -0.2) is 4.39 Å². The van der Waals surface area contributed by atoms with Gasteiger partial charge in [0.05, 0.1) is 6.10 Å². The molecule has 2 unspecified atom stereocenters. The van der Waals surface area contributed by atoms with E-state index in [9.17, 15) is 19.4 Å². The van der Waals surface area contributed by atoms with Gasteiger partial charge in [-0.2, -0.15) is 0 Å². The molecule has 1 aromatic rings. The van der Waals surface area contributed by atoms with Crippen molar-refractivity contribution in [2.75, 3.05) is 6.54 Å². The van der Waals surface area contributed by atoms with Crippen molar-refractivity contribution in [3.8, 4) is 0 Å². The van der Waals surface area contributed by atoms with Crippen LogP contribution in [0.2, 0.25) is 0 Å². The van der Waals surface area contributed by atoms with Crippen LogP contribution in [0.15, 0.2) is 18.2 Å². The number of carbonyl (C=O) groups is 1. The molecule has 0 saturated heterocycles. The van der Waals surface area contributed by atoms with Crippen LogP contribution in [-0.2, 0) is 0 Å². The van der Waals surface area contributed by atoms with Crippen LogP contribution in [0.3, 0.4) is 0 Å². The molecule has 0 aliphatic rings. The van der Waals surface area contributed by atoms with Gasteiger partial charge in [-0.3, -0.25) is 4.79 Å². The first kappa shape index (κ1) is 12.8. The number of halogens is 1. The summed E-state index contributed by atoms with van der Waals surface area (Å²) < 4.78 is 13.0. The predicted molar refractivity (Wildman–Crippen MR) is 56.4 cm³/mol. The maximum absolute atomic E-state index is 13.0. The maximum atomic E-state index is 13.0. The van der Waals surface area contributed by atoms with Gasteiger partial charge in [-0.1, -0.05) is 0 Å². The van der Waals surface area contributed by atoms with Crippen LogP contribution in [0, 0.1) is 5.82 Å². The van der Waals surface area contributed by atoms with Crippen LogP contribution < -0.4 is 5.73 Å². The van der Waals surface area contributed by atoms with E-state index in [1.165, 1.54) is 6.07 Å². The van der Waals surface area contributed by atoms with Crippen LogP contribution in [0.4, 0.5) is 4.39 Å². The maximum Gasteiger partial charge on any atom is 0.150 e. The molecule has 0 amide bonds. The second kappa shape index (κ2) is 5.69. The Labute approximate surface area is 92.5 Å². The lowest BCUT2D eigenvalue weighted by Gasteiger charge is -2.18. The molecule has 0 aromatic heterocycles. The zero-order valence-electron chi connectivity index (χ0n) is 8.64. The Hall–Kier alpha value is -1.30. The molecule has 0 bridgehead atoms. The summed E-state index contributed by atoms with van der Waals surface area (Å²) in [6, 6.07) is 3.42. The first-order valence-corrected chi connectivity index (χ1v) is 4.91. The van der Waals surface area contributed by atoms with Gasteiger partial charge in [0.1, 0.15) is 18.2 Å². The highest BCUT2D eigenvalue weighted by molar-refractivity contribution is 5.77. The zero-order chi connectivity index (χ0) is 12.1. The molecule has 0 saturated carbocycles.